The van der Waals surface area contributed by atoms with Gasteiger partial charge in [0.15, 0.2) is 0 Å². The highest BCUT2D eigenvalue weighted by molar-refractivity contribution is 5.96. The molecule has 0 spiro atoms. The number of ether oxygens (including phenoxy) is 1. The van der Waals surface area contributed by atoms with Gasteiger partial charge in [0.2, 0.25) is 0 Å². The zero-order chi connectivity index (χ0) is 15.2. The second-order valence-electron chi connectivity index (χ2n) is 5.02. The molecule has 1 saturated heterocycles. The van der Waals surface area contributed by atoms with Crippen LogP contribution >= 0.6 is 0 Å². The molecule has 3 N–H and O–H groups in total. The first kappa shape index (κ1) is 15.5. The van der Waals surface area contributed by atoms with Gasteiger partial charge in [-0.05, 0) is 24.6 Å². The quantitative estimate of drug-likeness (QED) is 0.824. The third kappa shape index (κ3) is 3.80. The minimum Gasteiger partial charge on any atom is -0.481 e. The van der Waals surface area contributed by atoms with Crippen molar-refractivity contribution in [1.82, 2.24) is 4.90 Å². The molecule has 0 radical (unpaired) electrons. The molecule has 6 nitrogen and oxygen atoms in total. The molecule has 2 rings (SSSR count). The number of carbonyl (C=O) groups excluding carboxylic acids is 1. The Labute approximate surface area is 123 Å². The summed E-state index contributed by atoms with van der Waals surface area (Å²) >= 11 is 0. The Balaban J connectivity index is 2.22. The molecule has 1 aliphatic rings. The zero-order valence-electron chi connectivity index (χ0n) is 11.8. The lowest BCUT2D eigenvalue weighted by molar-refractivity contribution is -0.139. The lowest BCUT2D eigenvalue weighted by Crippen LogP contribution is -2.49. The normalized spacial score (nSPS) is 18.5. The molecule has 1 aliphatic heterocycles. The van der Waals surface area contributed by atoms with E-state index in [1.54, 1.807) is 17.0 Å². The van der Waals surface area contributed by atoms with Crippen molar-refractivity contribution in [2.75, 3.05) is 26.3 Å². The first-order chi connectivity index (χ1) is 10.1. The standard InChI is InChI=1S/C15H20N2O4/c16-6-5-11-3-1-2-4-13(11)15(20)17-7-8-21-10-12(17)9-14(18)19/h1-4,12H,5-10,16H2,(H,18,19). The van der Waals surface area contributed by atoms with Gasteiger partial charge in [-0.3, -0.25) is 9.59 Å². The van der Waals surface area contributed by atoms with E-state index in [4.69, 9.17) is 15.6 Å². The maximum absolute atomic E-state index is 12.7. The molecule has 1 aromatic rings. The summed E-state index contributed by atoms with van der Waals surface area (Å²) in [6.07, 6.45) is 0.515. The molecule has 0 bridgehead atoms. The Kier molecular flexibility index (Phi) is 5.30. The summed E-state index contributed by atoms with van der Waals surface area (Å²) in [5.74, 6) is -1.08. The van der Waals surface area contributed by atoms with E-state index in [-0.39, 0.29) is 18.9 Å². The molecule has 1 amide bonds. The number of carboxylic acid groups (broad SMARTS) is 1. The van der Waals surface area contributed by atoms with Gasteiger partial charge in [-0.15, -0.1) is 0 Å². The maximum atomic E-state index is 12.7. The van der Waals surface area contributed by atoms with Crippen LogP contribution in [-0.2, 0) is 16.0 Å². The maximum Gasteiger partial charge on any atom is 0.305 e. The predicted molar refractivity (Wildman–Crippen MR) is 77.1 cm³/mol. The van der Waals surface area contributed by atoms with Gasteiger partial charge < -0.3 is 20.5 Å². The van der Waals surface area contributed by atoms with Crippen LogP contribution in [0.15, 0.2) is 24.3 Å². The van der Waals surface area contributed by atoms with E-state index in [0.29, 0.717) is 31.7 Å². The van der Waals surface area contributed by atoms with Crippen molar-refractivity contribution in [3.8, 4) is 0 Å². The van der Waals surface area contributed by atoms with Crippen LogP contribution in [0.1, 0.15) is 22.3 Å². The summed E-state index contributed by atoms with van der Waals surface area (Å²) in [5, 5.41) is 8.96. The number of morpholine rings is 1. The number of rotatable bonds is 5. The summed E-state index contributed by atoms with van der Waals surface area (Å²) < 4.78 is 5.30. The van der Waals surface area contributed by atoms with Gasteiger partial charge in [-0.2, -0.15) is 0 Å². The summed E-state index contributed by atoms with van der Waals surface area (Å²) in [6.45, 7) is 1.57. The smallest absolute Gasteiger partial charge is 0.305 e. The zero-order valence-corrected chi connectivity index (χ0v) is 11.8. The first-order valence-electron chi connectivity index (χ1n) is 7.02. The van der Waals surface area contributed by atoms with Crippen LogP contribution in [0.4, 0.5) is 0 Å². The molecule has 0 aromatic heterocycles. The Morgan fingerprint density at radius 1 is 1.38 bits per heavy atom. The van der Waals surface area contributed by atoms with Crippen LogP contribution < -0.4 is 5.73 Å². The highest BCUT2D eigenvalue weighted by Gasteiger charge is 2.30. The molecule has 114 valence electrons. The summed E-state index contributed by atoms with van der Waals surface area (Å²) in [6, 6.07) is 6.90. The second kappa shape index (κ2) is 7.19. The number of carboxylic acids is 1. The fraction of sp³-hybridized carbons (Fsp3) is 0.467. The van der Waals surface area contributed by atoms with E-state index < -0.39 is 12.0 Å². The average Bonchev–Trinajstić information content (AvgIpc) is 2.47. The molecule has 6 heteroatoms. The number of amides is 1. The Hall–Kier alpha value is -1.92. The molecular formula is C15H20N2O4. The Bertz CT molecular complexity index is 518. The van der Waals surface area contributed by atoms with Crippen LogP contribution in [-0.4, -0.2) is 54.2 Å². The van der Waals surface area contributed by atoms with Gasteiger partial charge in [0.25, 0.3) is 5.91 Å². The van der Waals surface area contributed by atoms with Gasteiger partial charge in [0, 0.05) is 12.1 Å². The van der Waals surface area contributed by atoms with E-state index in [2.05, 4.69) is 0 Å². The Morgan fingerprint density at radius 3 is 2.86 bits per heavy atom. The van der Waals surface area contributed by atoms with Crippen molar-refractivity contribution in [3.63, 3.8) is 0 Å². The molecule has 1 aromatic carbocycles. The summed E-state index contributed by atoms with van der Waals surface area (Å²) in [7, 11) is 0. The average molecular weight is 292 g/mol. The minimum absolute atomic E-state index is 0.106. The number of carbonyl (C=O) groups is 2. The highest BCUT2D eigenvalue weighted by atomic mass is 16.5. The second-order valence-corrected chi connectivity index (χ2v) is 5.02. The largest absolute Gasteiger partial charge is 0.481 e. The number of nitrogens with zero attached hydrogens (tertiary/aromatic N) is 1. The lowest BCUT2D eigenvalue weighted by atomic mass is 10.0. The van der Waals surface area contributed by atoms with Crippen LogP contribution in [0.2, 0.25) is 0 Å². The molecule has 21 heavy (non-hydrogen) atoms. The fourth-order valence-corrected chi connectivity index (χ4v) is 2.55. The van der Waals surface area contributed by atoms with E-state index >= 15 is 0 Å². The van der Waals surface area contributed by atoms with Gasteiger partial charge in [-0.1, -0.05) is 18.2 Å². The van der Waals surface area contributed by atoms with Crippen molar-refractivity contribution in [3.05, 3.63) is 35.4 Å². The first-order valence-corrected chi connectivity index (χ1v) is 7.02. The summed E-state index contributed by atoms with van der Waals surface area (Å²) in [4.78, 5) is 25.3. The van der Waals surface area contributed by atoms with Crippen molar-refractivity contribution < 1.29 is 19.4 Å². The van der Waals surface area contributed by atoms with Gasteiger partial charge in [0.05, 0.1) is 25.7 Å². The molecule has 1 unspecified atom stereocenters. The van der Waals surface area contributed by atoms with Gasteiger partial charge >= 0.3 is 5.97 Å². The molecule has 1 heterocycles. The predicted octanol–water partition coefficient (Wildman–Crippen LogP) is 0.504. The van der Waals surface area contributed by atoms with E-state index in [9.17, 15) is 9.59 Å². The van der Waals surface area contributed by atoms with Gasteiger partial charge in [-0.25, -0.2) is 0 Å². The number of aliphatic carboxylic acids is 1. The van der Waals surface area contributed by atoms with Gasteiger partial charge in [0.1, 0.15) is 0 Å². The topological polar surface area (TPSA) is 92.9 Å². The fourth-order valence-electron chi connectivity index (χ4n) is 2.55. The van der Waals surface area contributed by atoms with E-state index in [0.717, 1.165) is 5.56 Å². The SMILES string of the molecule is NCCc1ccccc1C(=O)N1CCOCC1CC(=O)O. The van der Waals surface area contributed by atoms with Crippen molar-refractivity contribution >= 4 is 11.9 Å². The number of nitrogens with two attached hydrogens (primary N) is 1. The molecule has 0 aliphatic carbocycles. The number of benzene rings is 1. The number of hydrogen-bond donors (Lipinski definition) is 2. The van der Waals surface area contributed by atoms with E-state index in [1.165, 1.54) is 0 Å². The summed E-state index contributed by atoms with van der Waals surface area (Å²) in [5.41, 5.74) is 7.07. The van der Waals surface area contributed by atoms with Crippen molar-refractivity contribution in [2.24, 2.45) is 5.73 Å². The molecular weight excluding hydrogens is 272 g/mol. The third-order valence-corrected chi connectivity index (χ3v) is 3.56. The van der Waals surface area contributed by atoms with E-state index in [1.807, 2.05) is 12.1 Å². The lowest BCUT2D eigenvalue weighted by Gasteiger charge is -2.35. The molecule has 0 saturated carbocycles. The van der Waals surface area contributed by atoms with Crippen molar-refractivity contribution in [2.45, 2.75) is 18.9 Å². The third-order valence-electron chi connectivity index (χ3n) is 3.56. The number of hydrogen-bond acceptors (Lipinski definition) is 4. The van der Waals surface area contributed by atoms with Crippen LogP contribution in [0.25, 0.3) is 0 Å². The van der Waals surface area contributed by atoms with Crippen molar-refractivity contribution in [1.29, 1.82) is 0 Å². The highest BCUT2D eigenvalue weighted by Crippen LogP contribution is 2.18. The molecule has 1 atom stereocenters. The van der Waals surface area contributed by atoms with Crippen LogP contribution in [0, 0.1) is 0 Å². The van der Waals surface area contributed by atoms with Crippen LogP contribution in [0.5, 0.6) is 0 Å². The Morgan fingerprint density at radius 2 is 2.14 bits per heavy atom. The minimum atomic E-state index is -0.932. The molecule has 1 fully saturated rings. The van der Waals surface area contributed by atoms with Crippen LogP contribution in [0.3, 0.4) is 0 Å². The monoisotopic (exact) mass is 292 g/mol.